The summed E-state index contributed by atoms with van der Waals surface area (Å²) in [5, 5.41) is 0. The van der Waals surface area contributed by atoms with Crippen molar-refractivity contribution in [3.8, 4) is 11.5 Å². The lowest BCUT2D eigenvalue weighted by molar-refractivity contribution is -0.121. The predicted molar refractivity (Wildman–Crippen MR) is 112 cm³/mol. The van der Waals surface area contributed by atoms with Crippen LogP contribution in [-0.2, 0) is 17.6 Å². The van der Waals surface area contributed by atoms with E-state index in [4.69, 9.17) is 14.2 Å². The fraction of sp³-hybridized carbons (Fsp3) is 0.500. The molecule has 0 aromatic heterocycles. The Morgan fingerprint density at radius 3 is 1.22 bits per heavy atom. The van der Waals surface area contributed by atoms with Gasteiger partial charge in [0.25, 0.3) is 0 Å². The molecule has 0 radical (unpaired) electrons. The fourth-order valence-corrected chi connectivity index (χ4v) is 3.54. The zero-order chi connectivity index (χ0) is 19.9. The quantitative estimate of drug-likeness (QED) is 0.525. The van der Waals surface area contributed by atoms with Gasteiger partial charge in [-0.1, -0.05) is 24.3 Å². The largest absolute Gasteiger partial charge is 0.494 e. The minimum atomic E-state index is -0.262. The van der Waals surface area contributed by atoms with Crippen LogP contribution < -0.4 is 9.47 Å². The van der Waals surface area contributed by atoms with Gasteiger partial charge in [0, 0.05) is 12.8 Å². The van der Waals surface area contributed by atoms with E-state index >= 15 is 0 Å². The molecule has 0 amide bonds. The molecule has 0 unspecified atom stereocenters. The molecule has 0 bridgehead atoms. The first kappa shape index (κ1) is 21.3. The summed E-state index contributed by atoms with van der Waals surface area (Å²) < 4.78 is 17.6. The number of hydrogen-bond acceptors (Lipinski definition) is 3. The Hall–Kier alpha value is -2.00. The normalized spacial score (nSPS) is 12.1. The lowest BCUT2D eigenvalue weighted by atomic mass is 9.93. The first-order valence-electron chi connectivity index (χ1n) is 9.87. The third-order valence-corrected chi connectivity index (χ3v) is 4.28. The zero-order valence-corrected chi connectivity index (χ0v) is 17.7. The van der Waals surface area contributed by atoms with Crippen molar-refractivity contribution in [2.45, 2.75) is 65.6 Å². The Morgan fingerprint density at radius 1 is 0.593 bits per heavy atom. The average Bonchev–Trinajstić information content (AvgIpc) is 2.57. The Morgan fingerprint density at radius 2 is 0.926 bits per heavy atom. The third kappa shape index (κ3) is 7.26. The Bertz CT molecular complexity index is 623. The zero-order valence-electron chi connectivity index (χ0n) is 17.7. The van der Waals surface area contributed by atoms with Gasteiger partial charge in [0.1, 0.15) is 11.5 Å². The summed E-state index contributed by atoms with van der Waals surface area (Å²) in [5.41, 5.74) is 1.98. The van der Waals surface area contributed by atoms with E-state index < -0.39 is 0 Å². The summed E-state index contributed by atoms with van der Waals surface area (Å²) in [6.45, 7) is 14.0. The SMILES string of the molecule is CCOc1ccc(CC(C)(C)OC(C)(C)Cc2ccc(OCC)cc2)cc1. The van der Waals surface area contributed by atoms with Gasteiger partial charge in [-0.05, 0) is 76.9 Å². The lowest BCUT2D eigenvalue weighted by Gasteiger charge is -2.36. The average molecular weight is 371 g/mol. The fourth-order valence-electron chi connectivity index (χ4n) is 3.54. The summed E-state index contributed by atoms with van der Waals surface area (Å²) in [6, 6.07) is 16.6. The Balaban J connectivity index is 1.97. The van der Waals surface area contributed by atoms with Gasteiger partial charge in [0.15, 0.2) is 0 Å². The molecule has 3 nitrogen and oxygen atoms in total. The van der Waals surface area contributed by atoms with E-state index in [-0.39, 0.29) is 11.2 Å². The third-order valence-electron chi connectivity index (χ3n) is 4.28. The molecule has 0 N–H and O–H groups in total. The minimum Gasteiger partial charge on any atom is -0.494 e. The molecule has 0 saturated carbocycles. The number of ether oxygens (including phenoxy) is 3. The second-order valence-electron chi connectivity index (χ2n) is 8.13. The van der Waals surface area contributed by atoms with Crippen molar-refractivity contribution in [1.82, 2.24) is 0 Å². The van der Waals surface area contributed by atoms with Crippen LogP contribution in [0.2, 0.25) is 0 Å². The van der Waals surface area contributed by atoms with Crippen LogP contribution in [0.4, 0.5) is 0 Å². The van der Waals surface area contributed by atoms with Gasteiger partial charge in [-0.2, -0.15) is 0 Å². The molecule has 148 valence electrons. The van der Waals surface area contributed by atoms with Crippen molar-refractivity contribution in [1.29, 1.82) is 0 Å². The highest BCUT2D eigenvalue weighted by molar-refractivity contribution is 5.29. The Kier molecular flexibility index (Phi) is 7.32. The van der Waals surface area contributed by atoms with Crippen LogP contribution in [0.1, 0.15) is 52.7 Å². The summed E-state index contributed by atoms with van der Waals surface area (Å²) >= 11 is 0. The molecule has 0 spiro atoms. The van der Waals surface area contributed by atoms with E-state index in [0.717, 1.165) is 24.3 Å². The first-order valence-corrected chi connectivity index (χ1v) is 9.87. The summed E-state index contributed by atoms with van der Waals surface area (Å²) in [6.07, 6.45) is 1.71. The van der Waals surface area contributed by atoms with Gasteiger partial charge in [0.2, 0.25) is 0 Å². The predicted octanol–water partition coefficient (Wildman–Crippen LogP) is 5.84. The van der Waals surface area contributed by atoms with E-state index in [1.165, 1.54) is 11.1 Å². The molecule has 0 fully saturated rings. The van der Waals surface area contributed by atoms with Crippen molar-refractivity contribution in [2.24, 2.45) is 0 Å². The van der Waals surface area contributed by atoms with Gasteiger partial charge < -0.3 is 14.2 Å². The molecular formula is C24H34O3. The van der Waals surface area contributed by atoms with E-state index in [1.807, 2.05) is 38.1 Å². The number of benzene rings is 2. The van der Waals surface area contributed by atoms with Crippen molar-refractivity contribution < 1.29 is 14.2 Å². The highest BCUT2D eigenvalue weighted by atomic mass is 16.5. The summed E-state index contributed by atoms with van der Waals surface area (Å²) in [4.78, 5) is 0. The highest BCUT2D eigenvalue weighted by Crippen LogP contribution is 2.28. The maximum absolute atomic E-state index is 6.53. The molecule has 3 heteroatoms. The van der Waals surface area contributed by atoms with Crippen LogP contribution in [0.3, 0.4) is 0 Å². The molecule has 0 aliphatic heterocycles. The van der Waals surface area contributed by atoms with E-state index in [0.29, 0.717) is 13.2 Å². The molecule has 2 rings (SSSR count). The molecular weight excluding hydrogens is 336 g/mol. The first-order chi connectivity index (χ1) is 12.7. The maximum atomic E-state index is 6.53. The topological polar surface area (TPSA) is 27.7 Å². The standard InChI is InChI=1S/C24H34O3/c1-7-25-21-13-9-19(10-14-21)17-23(3,4)27-24(5,6)18-20-11-15-22(16-12-20)26-8-2/h9-16H,7-8,17-18H2,1-6H3. The van der Waals surface area contributed by atoms with Gasteiger partial charge in [-0.15, -0.1) is 0 Å². The lowest BCUT2D eigenvalue weighted by Crippen LogP contribution is -2.40. The van der Waals surface area contributed by atoms with Crippen molar-refractivity contribution in [3.63, 3.8) is 0 Å². The van der Waals surface area contributed by atoms with Crippen LogP contribution in [0.5, 0.6) is 11.5 Å². The van der Waals surface area contributed by atoms with Crippen molar-refractivity contribution in [3.05, 3.63) is 59.7 Å². The maximum Gasteiger partial charge on any atom is 0.119 e. The highest BCUT2D eigenvalue weighted by Gasteiger charge is 2.29. The van der Waals surface area contributed by atoms with Gasteiger partial charge in [-0.25, -0.2) is 0 Å². The van der Waals surface area contributed by atoms with Crippen LogP contribution in [0, 0.1) is 0 Å². The van der Waals surface area contributed by atoms with Crippen LogP contribution in [0.15, 0.2) is 48.5 Å². The summed E-state index contributed by atoms with van der Waals surface area (Å²) in [7, 11) is 0. The van der Waals surface area contributed by atoms with Gasteiger partial charge in [-0.3, -0.25) is 0 Å². The monoisotopic (exact) mass is 370 g/mol. The molecule has 2 aromatic carbocycles. The molecule has 0 aliphatic rings. The molecule has 0 aliphatic carbocycles. The van der Waals surface area contributed by atoms with Crippen LogP contribution >= 0.6 is 0 Å². The van der Waals surface area contributed by atoms with Gasteiger partial charge in [0.05, 0.1) is 24.4 Å². The van der Waals surface area contributed by atoms with Crippen molar-refractivity contribution in [2.75, 3.05) is 13.2 Å². The van der Waals surface area contributed by atoms with E-state index in [9.17, 15) is 0 Å². The summed E-state index contributed by atoms with van der Waals surface area (Å²) in [5.74, 6) is 1.83. The Labute approximate surface area is 164 Å². The van der Waals surface area contributed by atoms with Crippen molar-refractivity contribution >= 4 is 0 Å². The molecule has 2 aromatic rings. The smallest absolute Gasteiger partial charge is 0.119 e. The molecule has 27 heavy (non-hydrogen) atoms. The van der Waals surface area contributed by atoms with E-state index in [1.54, 1.807) is 0 Å². The minimum absolute atomic E-state index is 0.262. The second-order valence-corrected chi connectivity index (χ2v) is 8.13. The number of hydrogen-bond donors (Lipinski definition) is 0. The molecule has 0 heterocycles. The van der Waals surface area contributed by atoms with E-state index in [2.05, 4.69) is 52.0 Å². The van der Waals surface area contributed by atoms with Crippen LogP contribution in [-0.4, -0.2) is 24.4 Å². The molecule has 0 saturated heterocycles. The van der Waals surface area contributed by atoms with Crippen LogP contribution in [0.25, 0.3) is 0 Å². The molecule has 0 atom stereocenters. The van der Waals surface area contributed by atoms with Gasteiger partial charge >= 0.3 is 0 Å². The number of rotatable bonds is 10. The second kappa shape index (κ2) is 9.27.